The molecule has 3 rings (SSSR count). The molecule has 2 heterocycles. The Morgan fingerprint density at radius 2 is 1.83 bits per heavy atom. The van der Waals surface area contributed by atoms with E-state index >= 15 is 0 Å². The summed E-state index contributed by atoms with van der Waals surface area (Å²) in [5.74, 6) is -3.27. The van der Waals surface area contributed by atoms with Gasteiger partial charge in [-0.1, -0.05) is 43.7 Å². The van der Waals surface area contributed by atoms with Gasteiger partial charge in [-0.05, 0) is 12.0 Å². The van der Waals surface area contributed by atoms with E-state index in [0.29, 0.717) is 18.4 Å². The third-order valence-electron chi connectivity index (χ3n) is 4.84. The van der Waals surface area contributed by atoms with Crippen LogP contribution in [0.5, 0.6) is 0 Å². The van der Waals surface area contributed by atoms with Crippen LogP contribution in [-0.4, -0.2) is 27.5 Å². The normalized spacial score (nSPS) is 18.1. The molecule has 0 saturated heterocycles. The molecule has 0 fully saturated rings. The number of fused-ring (bicyclic) bond motifs is 1. The zero-order valence-electron chi connectivity index (χ0n) is 15.9. The monoisotopic (exact) mass is 424 g/mol. The molecule has 0 bridgehead atoms. The highest BCUT2D eigenvalue weighted by atomic mass is 19.4. The molecule has 0 saturated carbocycles. The number of nitrogens with one attached hydrogen (secondary N) is 3. The predicted molar refractivity (Wildman–Crippen MR) is 101 cm³/mol. The molecule has 1 atom stereocenters. The van der Waals surface area contributed by atoms with Crippen molar-refractivity contribution in [2.24, 2.45) is 0 Å². The summed E-state index contributed by atoms with van der Waals surface area (Å²) in [5, 5.41) is 3.71. The number of hydrogen-bond acceptors (Lipinski definition) is 4. The molecule has 2 amide bonds. The van der Waals surface area contributed by atoms with Gasteiger partial charge in [0.25, 0.3) is 11.5 Å². The molecule has 1 aromatic carbocycles. The predicted octanol–water partition coefficient (Wildman–Crippen LogP) is 1.60. The third-order valence-corrected chi connectivity index (χ3v) is 4.84. The molecule has 3 N–H and O–H groups in total. The van der Waals surface area contributed by atoms with Gasteiger partial charge in [-0.3, -0.25) is 23.9 Å². The highest BCUT2D eigenvalue weighted by Gasteiger charge is 2.68. The van der Waals surface area contributed by atoms with Gasteiger partial charge in [-0.2, -0.15) is 13.2 Å². The number of amides is 2. The lowest BCUT2D eigenvalue weighted by atomic mass is 9.91. The number of rotatable bonds is 6. The van der Waals surface area contributed by atoms with E-state index in [9.17, 15) is 32.3 Å². The van der Waals surface area contributed by atoms with E-state index in [4.69, 9.17) is 0 Å². The maximum Gasteiger partial charge on any atom is 0.425 e. The Morgan fingerprint density at radius 1 is 1.17 bits per heavy atom. The second kappa shape index (κ2) is 7.81. The van der Waals surface area contributed by atoms with Crippen LogP contribution in [0.1, 0.15) is 37.3 Å². The number of unbranched alkanes of at least 4 members (excludes halogenated alkanes) is 1. The molecule has 2 aromatic rings. The van der Waals surface area contributed by atoms with Crippen molar-refractivity contribution >= 4 is 17.6 Å². The highest BCUT2D eigenvalue weighted by Crippen LogP contribution is 2.45. The SMILES string of the molecule is CCCCC(=O)N[C@@]1(C(F)(F)F)C(=O)Nc2c1c(=O)[nH]c(=O)n2Cc1ccccc1. The summed E-state index contributed by atoms with van der Waals surface area (Å²) < 4.78 is 43.3. The third kappa shape index (κ3) is 3.51. The first kappa shape index (κ1) is 21.3. The average molecular weight is 424 g/mol. The van der Waals surface area contributed by atoms with Gasteiger partial charge in [0.05, 0.1) is 6.54 Å². The summed E-state index contributed by atoms with van der Waals surface area (Å²) in [6, 6.07) is 8.30. The lowest BCUT2D eigenvalue weighted by Gasteiger charge is -2.30. The first-order valence-electron chi connectivity index (χ1n) is 9.22. The van der Waals surface area contributed by atoms with Crippen molar-refractivity contribution in [2.45, 2.75) is 44.4 Å². The van der Waals surface area contributed by atoms with Gasteiger partial charge >= 0.3 is 11.9 Å². The van der Waals surface area contributed by atoms with Crippen molar-refractivity contribution in [3.8, 4) is 0 Å². The van der Waals surface area contributed by atoms with Crippen molar-refractivity contribution in [3.05, 3.63) is 62.3 Å². The smallest absolute Gasteiger partial charge is 0.330 e. The minimum absolute atomic E-state index is 0.198. The van der Waals surface area contributed by atoms with Crippen LogP contribution in [0.4, 0.5) is 19.0 Å². The summed E-state index contributed by atoms with van der Waals surface area (Å²) in [6.07, 6.45) is -4.73. The number of H-pyrrole nitrogens is 1. The van der Waals surface area contributed by atoms with Crippen molar-refractivity contribution in [3.63, 3.8) is 0 Å². The van der Waals surface area contributed by atoms with Crippen molar-refractivity contribution in [1.82, 2.24) is 14.9 Å². The van der Waals surface area contributed by atoms with E-state index in [1.807, 2.05) is 10.3 Å². The average Bonchev–Trinajstić information content (AvgIpc) is 2.98. The summed E-state index contributed by atoms with van der Waals surface area (Å²) in [5.41, 5.74) is -6.48. The number of carbonyl (C=O) groups is 2. The summed E-state index contributed by atoms with van der Waals surface area (Å²) in [6.45, 7) is 1.55. The van der Waals surface area contributed by atoms with E-state index in [1.165, 1.54) is 0 Å². The number of nitrogens with zero attached hydrogens (tertiary/aromatic N) is 1. The maximum absolute atomic E-state index is 14.2. The highest BCUT2D eigenvalue weighted by molar-refractivity contribution is 6.07. The van der Waals surface area contributed by atoms with Crippen LogP contribution in [0.3, 0.4) is 0 Å². The number of aromatic amines is 1. The van der Waals surface area contributed by atoms with E-state index in [0.717, 1.165) is 4.57 Å². The number of alkyl halides is 3. The first-order valence-corrected chi connectivity index (χ1v) is 9.22. The maximum atomic E-state index is 14.2. The fourth-order valence-electron chi connectivity index (χ4n) is 3.35. The van der Waals surface area contributed by atoms with Crippen LogP contribution in [0, 0.1) is 0 Å². The number of hydrogen-bond donors (Lipinski definition) is 3. The van der Waals surface area contributed by atoms with Crippen LogP contribution in [0.25, 0.3) is 0 Å². The standard InChI is InChI=1S/C19H19F3N4O4/c1-2-3-9-12(27)25-18(19(20,21)22)13-14(23-16(18)29)26(17(30)24-15(13)28)10-11-7-5-4-6-8-11/h4-8H,2-3,9-10H2,1H3,(H,23,29)(H,25,27)(H,24,28,30)/t18-/m1/s1. The molecule has 1 aliphatic heterocycles. The van der Waals surface area contributed by atoms with Crippen LogP contribution < -0.4 is 21.9 Å². The quantitative estimate of drug-likeness (QED) is 0.654. The summed E-state index contributed by atoms with van der Waals surface area (Å²) >= 11 is 0. The van der Waals surface area contributed by atoms with Gasteiger partial charge in [-0.15, -0.1) is 0 Å². The Morgan fingerprint density at radius 3 is 2.43 bits per heavy atom. The second-order valence-electron chi connectivity index (χ2n) is 6.91. The Kier molecular flexibility index (Phi) is 5.55. The number of benzene rings is 1. The largest absolute Gasteiger partial charge is 0.425 e. The van der Waals surface area contributed by atoms with Crippen molar-refractivity contribution in [1.29, 1.82) is 0 Å². The number of aromatic nitrogens is 2. The van der Waals surface area contributed by atoms with Crippen LogP contribution >= 0.6 is 0 Å². The minimum atomic E-state index is -5.33. The second-order valence-corrected chi connectivity index (χ2v) is 6.91. The van der Waals surface area contributed by atoms with Crippen molar-refractivity contribution < 1.29 is 22.8 Å². The van der Waals surface area contributed by atoms with Crippen LogP contribution in [0.15, 0.2) is 39.9 Å². The Hall–Kier alpha value is -3.37. The number of anilines is 1. The molecular weight excluding hydrogens is 405 g/mol. The van der Waals surface area contributed by atoms with E-state index in [-0.39, 0.29) is 13.0 Å². The molecule has 1 aliphatic rings. The fraction of sp³-hybridized carbons (Fsp3) is 0.368. The number of halogens is 3. The summed E-state index contributed by atoms with van der Waals surface area (Å²) in [7, 11) is 0. The lowest BCUT2D eigenvalue weighted by Crippen LogP contribution is -2.62. The molecule has 1 aromatic heterocycles. The van der Waals surface area contributed by atoms with E-state index < -0.39 is 46.2 Å². The zero-order valence-corrected chi connectivity index (χ0v) is 15.9. The Bertz CT molecular complexity index is 1090. The number of carbonyl (C=O) groups excluding carboxylic acids is 2. The zero-order chi connectivity index (χ0) is 22.1. The van der Waals surface area contributed by atoms with Gasteiger partial charge < -0.3 is 10.6 Å². The molecular formula is C19H19F3N4O4. The van der Waals surface area contributed by atoms with Crippen molar-refractivity contribution in [2.75, 3.05) is 5.32 Å². The summed E-state index contributed by atoms with van der Waals surface area (Å²) in [4.78, 5) is 51.3. The molecule has 0 aliphatic carbocycles. The topological polar surface area (TPSA) is 113 Å². The Balaban J connectivity index is 2.20. The van der Waals surface area contributed by atoms with Gasteiger partial charge in [0.2, 0.25) is 11.4 Å². The van der Waals surface area contributed by atoms with Gasteiger partial charge in [0, 0.05) is 6.42 Å². The molecule has 0 radical (unpaired) electrons. The van der Waals surface area contributed by atoms with E-state index in [2.05, 4.69) is 0 Å². The molecule has 0 unspecified atom stereocenters. The Labute approximate surface area is 168 Å². The molecule has 0 spiro atoms. The van der Waals surface area contributed by atoms with Gasteiger partial charge in [0.15, 0.2) is 0 Å². The fourth-order valence-corrected chi connectivity index (χ4v) is 3.35. The molecule has 30 heavy (non-hydrogen) atoms. The lowest BCUT2D eigenvalue weighted by molar-refractivity contribution is -0.200. The molecule has 160 valence electrons. The molecule has 8 nitrogen and oxygen atoms in total. The van der Waals surface area contributed by atoms with E-state index in [1.54, 1.807) is 42.6 Å². The van der Waals surface area contributed by atoms with Crippen LogP contribution in [-0.2, 0) is 21.7 Å². The van der Waals surface area contributed by atoms with Crippen LogP contribution in [0.2, 0.25) is 0 Å². The first-order chi connectivity index (χ1) is 14.1. The van der Waals surface area contributed by atoms with Gasteiger partial charge in [0.1, 0.15) is 11.4 Å². The molecule has 11 heteroatoms. The minimum Gasteiger partial charge on any atom is -0.330 e. The van der Waals surface area contributed by atoms with Gasteiger partial charge in [-0.25, -0.2) is 4.79 Å².